The van der Waals surface area contributed by atoms with Gasteiger partial charge in [0.2, 0.25) is 5.91 Å². The van der Waals surface area contributed by atoms with Crippen LogP contribution < -0.4 is 5.32 Å². The van der Waals surface area contributed by atoms with Gasteiger partial charge in [0.05, 0.1) is 23.5 Å². The molecule has 8 heteroatoms. The summed E-state index contributed by atoms with van der Waals surface area (Å²) in [6.45, 7) is 4.02. The fourth-order valence-corrected chi connectivity index (χ4v) is 3.52. The Bertz CT molecular complexity index is 798. The number of aryl methyl sites for hydroxylation is 1. The van der Waals surface area contributed by atoms with E-state index in [1.54, 1.807) is 25.1 Å². The van der Waals surface area contributed by atoms with Gasteiger partial charge in [0, 0.05) is 17.0 Å². The SMILES string of the molecule is CCCc1cc(C(=O)OCC)c(NC(=O)Cc2ccc([N+](=O)[O-])cc2)s1. The molecule has 0 saturated heterocycles. The maximum Gasteiger partial charge on any atom is 0.341 e. The number of nitrogens with one attached hydrogen (secondary N) is 1. The van der Waals surface area contributed by atoms with Crippen molar-refractivity contribution < 1.29 is 19.2 Å². The summed E-state index contributed by atoms with van der Waals surface area (Å²) in [5, 5.41) is 13.9. The van der Waals surface area contributed by atoms with Crippen LogP contribution in [0.5, 0.6) is 0 Å². The van der Waals surface area contributed by atoms with Crippen LogP contribution in [0.25, 0.3) is 0 Å². The molecule has 0 saturated carbocycles. The van der Waals surface area contributed by atoms with Crippen molar-refractivity contribution in [2.45, 2.75) is 33.1 Å². The lowest BCUT2D eigenvalue weighted by atomic mass is 10.1. The van der Waals surface area contributed by atoms with Crippen molar-refractivity contribution in [2.24, 2.45) is 0 Å². The predicted octanol–water partition coefficient (Wildman–Crippen LogP) is 3.97. The number of thiophene rings is 1. The summed E-state index contributed by atoms with van der Waals surface area (Å²) < 4.78 is 5.05. The fourth-order valence-electron chi connectivity index (χ4n) is 2.36. The van der Waals surface area contributed by atoms with Crippen molar-refractivity contribution in [2.75, 3.05) is 11.9 Å². The summed E-state index contributed by atoms with van der Waals surface area (Å²) in [6.07, 6.45) is 1.80. The zero-order chi connectivity index (χ0) is 19.1. The van der Waals surface area contributed by atoms with E-state index in [1.165, 1.54) is 23.5 Å². The van der Waals surface area contributed by atoms with Gasteiger partial charge >= 0.3 is 5.97 Å². The summed E-state index contributed by atoms with van der Waals surface area (Å²) in [5.41, 5.74) is 0.981. The second-order valence-electron chi connectivity index (χ2n) is 5.57. The highest BCUT2D eigenvalue weighted by atomic mass is 32.1. The molecule has 1 aromatic heterocycles. The Morgan fingerprint density at radius 3 is 2.50 bits per heavy atom. The molecule has 7 nitrogen and oxygen atoms in total. The lowest BCUT2D eigenvalue weighted by Gasteiger charge is -2.06. The molecular formula is C18H20N2O5S. The van der Waals surface area contributed by atoms with Gasteiger partial charge in [-0.3, -0.25) is 14.9 Å². The molecule has 1 N–H and O–H groups in total. The first kappa shape index (κ1) is 19.6. The van der Waals surface area contributed by atoms with Crippen molar-refractivity contribution >= 4 is 33.9 Å². The number of ether oxygens (including phenoxy) is 1. The average Bonchev–Trinajstić information content (AvgIpc) is 2.98. The van der Waals surface area contributed by atoms with Crippen LogP contribution in [0.4, 0.5) is 10.7 Å². The summed E-state index contributed by atoms with van der Waals surface area (Å²) in [5.74, 6) is -0.758. The van der Waals surface area contributed by atoms with Crippen molar-refractivity contribution in [3.8, 4) is 0 Å². The Kier molecular flexibility index (Phi) is 6.85. The Morgan fingerprint density at radius 1 is 1.23 bits per heavy atom. The number of anilines is 1. The Hall–Kier alpha value is -2.74. The van der Waals surface area contributed by atoms with Gasteiger partial charge in [0.1, 0.15) is 5.00 Å². The molecule has 1 aromatic carbocycles. The predicted molar refractivity (Wildman–Crippen MR) is 99.7 cm³/mol. The van der Waals surface area contributed by atoms with Crippen LogP contribution in [-0.4, -0.2) is 23.4 Å². The molecule has 0 fully saturated rings. The van der Waals surface area contributed by atoms with Crippen LogP contribution in [0, 0.1) is 10.1 Å². The van der Waals surface area contributed by atoms with E-state index in [-0.39, 0.29) is 24.6 Å². The van der Waals surface area contributed by atoms with E-state index in [4.69, 9.17) is 4.74 Å². The van der Waals surface area contributed by atoms with Crippen LogP contribution in [0.15, 0.2) is 30.3 Å². The molecule has 0 aliphatic heterocycles. The molecule has 0 unspecified atom stereocenters. The van der Waals surface area contributed by atoms with Gasteiger partial charge in [-0.2, -0.15) is 0 Å². The van der Waals surface area contributed by atoms with E-state index in [0.29, 0.717) is 16.1 Å². The molecular weight excluding hydrogens is 356 g/mol. The summed E-state index contributed by atoms with van der Waals surface area (Å²) in [6, 6.07) is 7.56. The number of esters is 1. The number of nitro benzene ring substituents is 1. The van der Waals surface area contributed by atoms with Crippen LogP contribution in [0.3, 0.4) is 0 Å². The maximum atomic E-state index is 12.3. The topological polar surface area (TPSA) is 98.5 Å². The number of hydrogen-bond acceptors (Lipinski definition) is 6. The lowest BCUT2D eigenvalue weighted by molar-refractivity contribution is -0.384. The molecule has 2 rings (SSSR count). The first-order valence-electron chi connectivity index (χ1n) is 8.27. The molecule has 0 bridgehead atoms. The number of nitro groups is 1. The monoisotopic (exact) mass is 376 g/mol. The third kappa shape index (κ3) is 5.13. The third-order valence-electron chi connectivity index (χ3n) is 3.54. The van der Waals surface area contributed by atoms with E-state index in [2.05, 4.69) is 5.32 Å². The van der Waals surface area contributed by atoms with Gasteiger partial charge < -0.3 is 10.1 Å². The van der Waals surface area contributed by atoms with Crippen molar-refractivity contribution in [1.82, 2.24) is 0 Å². The first-order chi connectivity index (χ1) is 12.4. The second-order valence-corrected chi connectivity index (χ2v) is 6.71. The largest absolute Gasteiger partial charge is 0.462 e. The Balaban J connectivity index is 2.11. The minimum Gasteiger partial charge on any atom is -0.462 e. The number of amides is 1. The highest BCUT2D eigenvalue weighted by Crippen LogP contribution is 2.30. The summed E-state index contributed by atoms with van der Waals surface area (Å²) >= 11 is 1.36. The maximum absolute atomic E-state index is 12.3. The van der Waals surface area contributed by atoms with E-state index < -0.39 is 10.9 Å². The number of rotatable bonds is 8. The number of carbonyl (C=O) groups excluding carboxylic acids is 2. The van der Waals surface area contributed by atoms with Crippen LogP contribution in [0.1, 0.15) is 41.1 Å². The molecule has 26 heavy (non-hydrogen) atoms. The van der Waals surface area contributed by atoms with Gasteiger partial charge in [0.25, 0.3) is 5.69 Å². The molecule has 1 amide bonds. The molecule has 0 radical (unpaired) electrons. The van der Waals surface area contributed by atoms with Crippen molar-refractivity contribution in [1.29, 1.82) is 0 Å². The molecule has 0 atom stereocenters. The third-order valence-corrected chi connectivity index (χ3v) is 4.65. The van der Waals surface area contributed by atoms with E-state index in [1.807, 2.05) is 6.92 Å². The van der Waals surface area contributed by atoms with E-state index in [9.17, 15) is 19.7 Å². The second kappa shape index (κ2) is 9.10. The van der Waals surface area contributed by atoms with Gasteiger partial charge in [-0.25, -0.2) is 4.79 Å². The van der Waals surface area contributed by atoms with Crippen molar-refractivity contribution in [3.05, 3.63) is 56.5 Å². The van der Waals surface area contributed by atoms with Gasteiger partial charge in [0.15, 0.2) is 0 Å². The standard InChI is InChI=1S/C18H20N2O5S/c1-3-5-14-11-15(18(22)25-4-2)17(26-14)19-16(21)10-12-6-8-13(9-7-12)20(23)24/h6-9,11H,3-5,10H2,1-2H3,(H,19,21). The van der Waals surface area contributed by atoms with Crippen LogP contribution in [-0.2, 0) is 22.4 Å². The molecule has 0 aliphatic rings. The highest BCUT2D eigenvalue weighted by Gasteiger charge is 2.19. The number of hydrogen-bond donors (Lipinski definition) is 1. The van der Waals surface area contributed by atoms with Crippen LogP contribution in [0.2, 0.25) is 0 Å². The molecule has 138 valence electrons. The lowest BCUT2D eigenvalue weighted by Crippen LogP contribution is -2.16. The molecule has 1 heterocycles. The normalized spacial score (nSPS) is 10.4. The Morgan fingerprint density at radius 2 is 1.92 bits per heavy atom. The Labute approximate surface area is 155 Å². The summed E-state index contributed by atoms with van der Waals surface area (Å²) in [7, 11) is 0. The number of benzene rings is 1. The van der Waals surface area contributed by atoms with Gasteiger partial charge in [-0.1, -0.05) is 25.5 Å². The minimum atomic E-state index is -0.490. The average molecular weight is 376 g/mol. The van der Waals surface area contributed by atoms with E-state index in [0.717, 1.165) is 17.7 Å². The zero-order valence-corrected chi connectivity index (χ0v) is 15.4. The molecule has 2 aromatic rings. The quantitative estimate of drug-likeness (QED) is 0.427. The number of non-ortho nitro benzene ring substituents is 1. The summed E-state index contributed by atoms with van der Waals surface area (Å²) in [4.78, 5) is 35.6. The number of nitrogens with zero attached hydrogens (tertiary/aromatic N) is 1. The van der Waals surface area contributed by atoms with Crippen LogP contribution >= 0.6 is 11.3 Å². The van der Waals surface area contributed by atoms with E-state index >= 15 is 0 Å². The molecule has 0 aliphatic carbocycles. The minimum absolute atomic E-state index is 0.0266. The smallest absolute Gasteiger partial charge is 0.341 e. The van der Waals surface area contributed by atoms with Gasteiger partial charge in [-0.15, -0.1) is 11.3 Å². The molecule has 0 spiro atoms. The van der Waals surface area contributed by atoms with Gasteiger partial charge in [-0.05, 0) is 25.0 Å². The van der Waals surface area contributed by atoms with Crippen molar-refractivity contribution in [3.63, 3.8) is 0 Å². The zero-order valence-electron chi connectivity index (χ0n) is 14.6. The first-order valence-corrected chi connectivity index (χ1v) is 9.09. The highest BCUT2D eigenvalue weighted by molar-refractivity contribution is 7.16. The number of carbonyl (C=O) groups is 2. The fraction of sp³-hybridized carbons (Fsp3) is 0.333.